The van der Waals surface area contributed by atoms with Gasteiger partial charge in [0.15, 0.2) is 0 Å². The van der Waals surface area contributed by atoms with Crippen molar-refractivity contribution in [2.45, 2.75) is 19.4 Å². The summed E-state index contributed by atoms with van der Waals surface area (Å²) in [5, 5.41) is 8.78. The number of amides is 1. The lowest BCUT2D eigenvalue weighted by atomic mass is 9.86. The molecule has 3 N–H and O–H groups in total. The maximum atomic E-state index is 11.6. The second-order valence-electron chi connectivity index (χ2n) is 4.14. The van der Waals surface area contributed by atoms with Crippen molar-refractivity contribution in [1.29, 1.82) is 0 Å². The lowest BCUT2D eigenvalue weighted by molar-refractivity contribution is -0.151. The maximum Gasteiger partial charge on any atom is 0.306 e. The summed E-state index contributed by atoms with van der Waals surface area (Å²) in [5.41, 5.74) is 5.57. The summed E-state index contributed by atoms with van der Waals surface area (Å²) >= 11 is 0. The third-order valence-electron chi connectivity index (χ3n) is 2.97. The number of nitrogens with two attached hydrogens (primary N) is 1. The van der Waals surface area contributed by atoms with Gasteiger partial charge in [0.2, 0.25) is 5.91 Å². The lowest BCUT2D eigenvalue weighted by Gasteiger charge is -2.42. The second-order valence-corrected chi connectivity index (χ2v) is 4.14. The first kappa shape index (κ1) is 12.5. The van der Waals surface area contributed by atoms with Crippen LogP contribution in [0, 0.1) is 24.2 Å². The number of terminal acetylenes is 1. The predicted octanol–water partition coefficient (Wildman–Crippen LogP) is -0.484. The predicted molar refractivity (Wildman–Crippen MR) is 58.3 cm³/mol. The van der Waals surface area contributed by atoms with E-state index in [1.165, 1.54) is 0 Å². The summed E-state index contributed by atoms with van der Waals surface area (Å²) in [6, 6.07) is -0.661. The van der Waals surface area contributed by atoms with Crippen LogP contribution in [0.4, 0.5) is 0 Å². The van der Waals surface area contributed by atoms with Gasteiger partial charge in [-0.05, 0) is 0 Å². The van der Waals surface area contributed by atoms with Gasteiger partial charge in [-0.25, -0.2) is 0 Å². The van der Waals surface area contributed by atoms with Crippen LogP contribution in [0.1, 0.15) is 13.3 Å². The summed E-state index contributed by atoms with van der Waals surface area (Å²) < 4.78 is 0. The highest BCUT2D eigenvalue weighted by Gasteiger charge is 2.38. The number of carboxylic acids is 1. The van der Waals surface area contributed by atoms with E-state index < -0.39 is 17.9 Å². The van der Waals surface area contributed by atoms with Crippen LogP contribution in [0.15, 0.2) is 0 Å². The van der Waals surface area contributed by atoms with Gasteiger partial charge in [-0.15, -0.1) is 12.3 Å². The molecule has 16 heavy (non-hydrogen) atoms. The number of carbonyl (C=O) groups is 2. The van der Waals surface area contributed by atoms with E-state index in [1.807, 2.05) is 0 Å². The smallest absolute Gasteiger partial charge is 0.306 e. The zero-order valence-electron chi connectivity index (χ0n) is 9.22. The summed E-state index contributed by atoms with van der Waals surface area (Å²) in [6.45, 7) is 2.57. The van der Waals surface area contributed by atoms with Crippen LogP contribution >= 0.6 is 0 Å². The Kier molecular flexibility index (Phi) is 3.91. The van der Waals surface area contributed by atoms with Crippen molar-refractivity contribution in [3.05, 3.63) is 0 Å². The Morgan fingerprint density at radius 1 is 1.62 bits per heavy atom. The molecule has 2 atom stereocenters. The Bertz CT molecular complexity index is 329. The highest BCUT2D eigenvalue weighted by Crippen LogP contribution is 2.24. The highest BCUT2D eigenvalue weighted by atomic mass is 16.4. The molecule has 1 aliphatic rings. The Morgan fingerprint density at radius 2 is 2.19 bits per heavy atom. The molecule has 0 spiro atoms. The minimum atomic E-state index is -0.829. The van der Waals surface area contributed by atoms with E-state index in [4.69, 9.17) is 17.3 Å². The first-order valence-electron chi connectivity index (χ1n) is 5.18. The van der Waals surface area contributed by atoms with E-state index in [0.29, 0.717) is 13.1 Å². The molecule has 88 valence electrons. The molecule has 2 unspecified atom stereocenters. The number of likely N-dealkylation sites (tertiary alicyclic amines) is 1. The number of hydrogen-bond donors (Lipinski definition) is 2. The number of aliphatic carboxylic acids is 1. The average Bonchev–Trinajstić information content (AvgIpc) is 2.15. The van der Waals surface area contributed by atoms with Crippen LogP contribution in [0.5, 0.6) is 0 Å². The van der Waals surface area contributed by atoms with Gasteiger partial charge in [0.25, 0.3) is 0 Å². The summed E-state index contributed by atoms with van der Waals surface area (Å²) in [5.74, 6) is 0.924. The molecular formula is C11H16N2O3. The van der Waals surface area contributed by atoms with Crippen LogP contribution in [-0.2, 0) is 9.59 Å². The highest BCUT2D eigenvalue weighted by molar-refractivity contribution is 5.83. The molecule has 1 fully saturated rings. The van der Waals surface area contributed by atoms with Crippen LogP contribution in [0.25, 0.3) is 0 Å². The van der Waals surface area contributed by atoms with Crippen molar-refractivity contribution in [2.24, 2.45) is 17.6 Å². The molecule has 1 rings (SSSR count). The molecule has 0 bridgehead atoms. The molecular weight excluding hydrogens is 208 g/mol. The zero-order chi connectivity index (χ0) is 12.3. The third-order valence-corrected chi connectivity index (χ3v) is 2.97. The molecule has 1 saturated heterocycles. The number of carbonyl (C=O) groups excluding carboxylic acids is 1. The van der Waals surface area contributed by atoms with Crippen LogP contribution in [-0.4, -0.2) is 41.0 Å². The fourth-order valence-corrected chi connectivity index (χ4v) is 1.66. The van der Waals surface area contributed by atoms with Gasteiger partial charge in [-0.3, -0.25) is 9.59 Å². The number of nitrogens with zero attached hydrogens (tertiary/aromatic N) is 1. The fourth-order valence-electron chi connectivity index (χ4n) is 1.66. The standard InChI is InChI=1S/C11H16N2O3/c1-3-4-9(12)10(14)13-5-8(6-13)7(2)11(15)16/h1,7-9H,4-6,12H2,2H3,(H,15,16). The number of hydrogen-bond acceptors (Lipinski definition) is 3. The minimum absolute atomic E-state index is 0.0273. The van der Waals surface area contributed by atoms with Crippen molar-refractivity contribution < 1.29 is 14.7 Å². The van der Waals surface area contributed by atoms with E-state index in [0.717, 1.165) is 0 Å². The van der Waals surface area contributed by atoms with Gasteiger partial charge in [0, 0.05) is 25.4 Å². The fraction of sp³-hybridized carbons (Fsp3) is 0.636. The third kappa shape index (κ3) is 2.52. The summed E-state index contributed by atoms with van der Waals surface area (Å²) in [6.07, 6.45) is 5.28. The molecule has 5 heteroatoms. The van der Waals surface area contributed by atoms with Crippen molar-refractivity contribution >= 4 is 11.9 Å². The Morgan fingerprint density at radius 3 is 2.62 bits per heavy atom. The monoisotopic (exact) mass is 224 g/mol. The molecule has 0 aromatic heterocycles. The average molecular weight is 224 g/mol. The van der Waals surface area contributed by atoms with Gasteiger partial charge >= 0.3 is 5.97 Å². The minimum Gasteiger partial charge on any atom is -0.481 e. The number of rotatable bonds is 4. The van der Waals surface area contributed by atoms with Crippen molar-refractivity contribution in [2.75, 3.05) is 13.1 Å². The van der Waals surface area contributed by atoms with Crippen LogP contribution in [0.3, 0.4) is 0 Å². The van der Waals surface area contributed by atoms with Gasteiger partial charge in [0.05, 0.1) is 12.0 Å². The summed E-state index contributed by atoms with van der Waals surface area (Å²) in [4.78, 5) is 23.9. The SMILES string of the molecule is C#CCC(N)C(=O)N1CC(C(C)C(=O)O)C1. The van der Waals surface area contributed by atoms with E-state index in [1.54, 1.807) is 11.8 Å². The van der Waals surface area contributed by atoms with E-state index >= 15 is 0 Å². The Balaban J connectivity index is 2.39. The normalized spacial score (nSPS) is 19.4. The topological polar surface area (TPSA) is 83.6 Å². The van der Waals surface area contributed by atoms with Gasteiger partial charge in [-0.2, -0.15) is 0 Å². The van der Waals surface area contributed by atoms with Gasteiger partial charge in [0.1, 0.15) is 0 Å². The van der Waals surface area contributed by atoms with Crippen molar-refractivity contribution in [1.82, 2.24) is 4.90 Å². The molecule has 0 aromatic carbocycles. The first-order valence-corrected chi connectivity index (χ1v) is 5.18. The van der Waals surface area contributed by atoms with Crippen LogP contribution in [0.2, 0.25) is 0 Å². The number of carboxylic acid groups (broad SMARTS) is 1. The quantitative estimate of drug-likeness (QED) is 0.631. The molecule has 1 aliphatic heterocycles. The first-order chi connectivity index (χ1) is 7.47. The van der Waals surface area contributed by atoms with Gasteiger partial charge in [-0.1, -0.05) is 6.92 Å². The molecule has 1 heterocycles. The van der Waals surface area contributed by atoms with E-state index in [-0.39, 0.29) is 18.2 Å². The summed E-state index contributed by atoms with van der Waals surface area (Å²) in [7, 11) is 0. The second kappa shape index (κ2) is 4.99. The van der Waals surface area contributed by atoms with Crippen molar-refractivity contribution in [3.8, 4) is 12.3 Å². The molecule has 0 aromatic rings. The lowest BCUT2D eigenvalue weighted by Crippen LogP contribution is -2.57. The van der Waals surface area contributed by atoms with Gasteiger partial charge < -0.3 is 15.7 Å². The maximum absolute atomic E-state index is 11.6. The van der Waals surface area contributed by atoms with E-state index in [9.17, 15) is 9.59 Å². The van der Waals surface area contributed by atoms with Crippen LogP contribution < -0.4 is 5.73 Å². The molecule has 0 radical (unpaired) electrons. The molecule has 0 saturated carbocycles. The van der Waals surface area contributed by atoms with Crippen molar-refractivity contribution in [3.63, 3.8) is 0 Å². The van der Waals surface area contributed by atoms with E-state index in [2.05, 4.69) is 5.92 Å². The largest absolute Gasteiger partial charge is 0.481 e. The Hall–Kier alpha value is -1.54. The molecule has 5 nitrogen and oxygen atoms in total. The molecule has 0 aliphatic carbocycles. The Labute approximate surface area is 94.6 Å². The zero-order valence-corrected chi connectivity index (χ0v) is 9.22. The molecule has 1 amide bonds.